The van der Waals surface area contributed by atoms with Gasteiger partial charge in [0.1, 0.15) is 0 Å². The van der Waals surface area contributed by atoms with Gasteiger partial charge in [-0.2, -0.15) is 0 Å². The summed E-state index contributed by atoms with van der Waals surface area (Å²) in [6.07, 6.45) is 9.08. The highest BCUT2D eigenvalue weighted by Gasteiger charge is 2.24. The summed E-state index contributed by atoms with van der Waals surface area (Å²) >= 11 is 0. The highest BCUT2D eigenvalue weighted by Crippen LogP contribution is 2.49. The van der Waals surface area contributed by atoms with Crippen LogP contribution >= 0.6 is 0 Å². The van der Waals surface area contributed by atoms with Crippen LogP contribution in [-0.2, 0) is 0 Å². The lowest BCUT2D eigenvalue weighted by Gasteiger charge is -2.30. The average molecular weight is 893 g/mol. The summed E-state index contributed by atoms with van der Waals surface area (Å²) in [6, 6.07) is 91.3. The van der Waals surface area contributed by atoms with Crippen molar-refractivity contribution in [1.29, 1.82) is 0 Å². The van der Waals surface area contributed by atoms with Crippen molar-refractivity contribution in [2.75, 3.05) is 4.90 Å². The number of hydrogen-bond donors (Lipinski definition) is 0. The van der Waals surface area contributed by atoms with E-state index >= 15 is 0 Å². The summed E-state index contributed by atoms with van der Waals surface area (Å²) in [5.41, 5.74) is 18.9. The highest BCUT2D eigenvalue weighted by molar-refractivity contribution is 6.17. The maximum atomic E-state index is 2.50. The van der Waals surface area contributed by atoms with Crippen molar-refractivity contribution in [1.82, 2.24) is 4.57 Å². The van der Waals surface area contributed by atoms with Gasteiger partial charge in [-0.25, -0.2) is 0 Å². The minimum absolute atomic E-state index is 1.05. The monoisotopic (exact) mass is 892 g/mol. The molecule has 13 rings (SSSR count). The Hall–Kier alpha value is -8.98. The summed E-state index contributed by atoms with van der Waals surface area (Å²) in [6.45, 7) is 0. The second-order valence-electron chi connectivity index (χ2n) is 18.2. The first-order chi connectivity index (χ1) is 34.8. The average Bonchev–Trinajstić information content (AvgIpc) is 3.78. The van der Waals surface area contributed by atoms with Gasteiger partial charge in [0.25, 0.3) is 0 Å². The first-order valence-electron chi connectivity index (χ1n) is 24.4. The van der Waals surface area contributed by atoms with Gasteiger partial charge in [0.05, 0.1) is 22.4 Å². The normalized spacial score (nSPS) is 12.5. The van der Waals surface area contributed by atoms with Crippen molar-refractivity contribution in [2.24, 2.45) is 0 Å². The third-order valence-corrected chi connectivity index (χ3v) is 14.2. The van der Waals surface area contributed by atoms with Gasteiger partial charge in [-0.15, -0.1) is 0 Å². The topological polar surface area (TPSA) is 8.17 Å². The second kappa shape index (κ2) is 17.6. The molecular formula is C68H48N2. The molecular weight excluding hydrogens is 845 g/mol. The first-order valence-corrected chi connectivity index (χ1v) is 24.4. The van der Waals surface area contributed by atoms with Crippen LogP contribution in [0, 0.1) is 0 Å². The molecule has 11 aromatic carbocycles. The molecule has 0 amide bonds. The molecule has 0 saturated carbocycles. The van der Waals surface area contributed by atoms with Crippen LogP contribution in [0.25, 0.3) is 105 Å². The second-order valence-corrected chi connectivity index (χ2v) is 18.2. The zero-order chi connectivity index (χ0) is 46.4. The predicted molar refractivity (Wildman–Crippen MR) is 299 cm³/mol. The van der Waals surface area contributed by atoms with Crippen molar-refractivity contribution in [2.45, 2.75) is 12.8 Å². The van der Waals surface area contributed by atoms with Gasteiger partial charge in [-0.1, -0.05) is 224 Å². The lowest BCUT2D eigenvalue weighted by molar-refractivity contribution is 1.02. The summed E-state index contributed by atoms with van der Waals surface area (Å²) in [5.74, 6) is 0. The minimum atomic E-state index is 1.05. The fourth-order valence-electron chi connectivity index (χ4n) is 11.1. The van der Waals surface area contributed by atoms with Crippen molar-refractivity contribution in [3.63, 3.8) is 0 Å². The Labute approximate surface area is 409 Å². The maximum Gasteiger partial charge on any atom is 0.0547 e. The number of nitrogens with zero attached hydrogens (tertiary/aromatic N) is 2. The van der Waals surface area contributed by atoms with Gasteiger partial charge >= 0.3 is 0 Å². The fourth-order valence-corrected chi connectivity index (χ4v) is 11.1. The number of rotatable bonds is 9. The number of aromatic nitrogens is 1. The van der Waals surface area contributed by atoms with E-state index < -0.39 is 0 Å². The molecule has 330 valence electrons. The molecule has 0 saturated heterocycles. The van der Waals surface area contributed by atoms with Gasteiger partial charge in [-0.05, 0) is 121 Å². The molecule has 1 aromatic heterocycles. The van der Waals surface area contributed by atoms with E-state index in [1.54, 1.807) is 0 Å². The molecule has 2 heteroatoms. The molecule has 0 bridgehead atoms. The van der Waals surface area contributed by atoms with Crippen molar-refractivity contribution < 1.29 is 0 Å². The highest BCUT2D eigenvalue weighted by atomic mass is 15.1. The van der Waals surface area contributed by atoms with Gasteiger partial charge in [0.15, 0.2) is 0 Å². The van der Waals surface area contributed by atoms with E-state index in [4.69, 9.17) is 0 Å². The number of benzene rings is 11. The summed E-state index contributed by atoms with van der Waals surface area (Å²) < 4.78 is 2.45. The molecule has 0 unspecified atom stereocenters. The van der Waals surface area contributed by atoms with E-state index in [-0.39, 0.29) is 0 Å². The van der Waals surface area contributed by atoms with Crippen molar-refractivity contribution in [3.05, 3.63) is 267 Å². The minimum Gasteiger partial charge on any atom is -0.310 e. The largest absolute Gasteiger partial charge is 0.310 e. The van der Waals surface area contributed by atoms with Crippen LogP contribution in [0.1, 0.15) is 12.8 Å². The van der Waals surface area contributed by atoms with E-state index in [1.165, 1.54) is 93.6 Å². The van der Waals surface area contributed by atoms with E-state index in [1.807, 2.05) is 0 Å². The number of fused-ring (bicyclic) bond motifs is 5. The summed E-state index contributed by atoms with van der Waals surface area (Å²) in [7, 11) is 0. The molecule has 2 nitrogen and oxygen atoms in total. The van der Waals surface area contributed by atoms with E-state index in [9.17, 15) is 0 Å². The number of hydrogen-bond acceptors (Lipinski definition) is 1. The maximum absolute atomic E-state index is 2.50. The van der Waals surface area contributed by atoms with E-state index in [2.05, 4.69) is 276 Å². The van der Waals surface area contributed by atoms with Crippen molar-refractivity contribution >= 4 is 66.1 Å². The Morgan fingerprint density at radius 1 is 0.314 bits per heavy atom. The Bertz CT molecular complexity index is 3810. The molecule has 0 spiro atoms. The van der Waals surface area contributed by atoms with Gasteiger partial charge < -0.3 is 9.47 Å². The molecule has 0 atom stereocenters. The quantitative estimate of drug-likeness (QED) is 0.140. The molecule has 1 aliphatic rings. The fraction of sp³-hybridized carbons (Fsp3) is 0.0294. The lowest BCUT2D eigenvalue weighted by atomic mass is 9.89. The predicted octanol–water partition coefficient (Wildman–Crippen LogP) is 19.1. The van der Waals surface area contributed by atoms with Gasteiger partial charge in [0.2, 0.25) is 0 Å². The van der Waals surface area contributed by atoms with Crippen LogP contribution < -0.4 is 4.90 Å². The zero-order valence-corrected chi connectivity index (χ0v) is 38.7. The standard InChI is InChI=1S/C68H48N2/c1-4-21-47(22-5-1)54-34-16-25-50-27-18-37-59(66(50)54)57-31-10-13-39-62(57)69(63-40-14-11-32-58(63)60-38-19-28-51-26-17-35-55(67(51)60)48-23-6-2-7-24-48)53-45-43-49(44-46-53)56-36-20-42-65-68(56)61-33-12-15-41-64(61)70(65)52-29-8-3-9-30-52/h1-2,4-8,10-46H,3,9H2. The molecule has 0 N–H and O–H groups in total. The van der Waals surface area contributed by atoms with Gasteiger partial charge in [-0.3, -0.25) is 0 Å². The third kappa shape index (κ3) is 7.04. The van der Waals surface area contributed by atoms with Crippen LogP contribution in [0.4, 0.5) is 17.1 Å². The summed E-state index contributed by atoms with van der Waals surface area (Å²) in [4.78, 5) is 2.50. The molecule has 12 aromatic rings. The first kappa shape index (κ1) is 41.2. The zero-order valence-electron chi connectivity index (χ0n) is 38.7. The van der Waals surface area contributed by atoms with Crippen LogP contribution in [-0.4, -0.2) is 4.57 Å². The smallest absolute Gasteiger partial charge is 0.0547 e. The molecule has 1 heterocycles. The van der Waals surface area contributed by atoms with Crippen molar-refractivity contribution in [3.8, 4) is 55.6 Å². The SMILES string of the molecule is C1=CC(n2c3ccccc3c3c(-c4ccc(N(c5ccccc5-c5cccc6cccc(-c7ccccc7)c56)c5ccccc5-c5cccc6cccc(-c7ccccc7)c56)cc4)cccc32)=CCC1. The number of para-hydroxylation sites is 3. The Kier molecular flexibility index (Phi) is 10.4. The Morgan fingerprint density at radius 2 is 0.757 bits per heavy atom. The van der Waals surface area contributed by atoms with Crippen LogP contribution in [0.5, 0.6) is 0 Å². The molecule has 0 aliphatic heterocycles. The van der Waals surface area contributed by atoms with E-state index in [0.717, 1.165) is 41.0 Å². The van der Waals surface area contributed by atoms with Gasteiger partial charge in [0, 0.05) is 33.3 Å². The van der Waals surface area contributed by atoms with Crippen LogP contribution in [0.15, 0.2) is 267 Å². The molecule has 1 aliphatic carbocycles. The summed E-state index contributed by atoms with van der Waals surface area (Å²) in [5, 5.41) is 7.42. The molecule has 0 radical (unpaired) electrons. The Morgan fingerprint density at radius 3 is 1.31 bits per heavy atom. The number of anilines is 3. The van der Waals surface area contributed by atoms with Crippen LogP contribution in [0.3, 0.4) is 0 Å². The number of allylic oxidation sites excluding steroid dienone is 4. The Balaban J connectivity index is 1.04. The lowest BCUT2D eigenvalue weighted by Crippen LogP contribution is -2.12. The van der Waals surface area contributed by atoms with E-state index in [0.29, 0.717) is 0 Å². The molecule has 70 heavy (non-hydrogen) atoms. The molecule has 0 fully saturated rings. The third-order valence-electron chi connectivity index (χ3n) is 14.2. The van der Waals surface area contributed by atoms with Crippen LogP contribution in [0.2, 0.25) is 0 Å².